The van der Waals surface area contributed by atoms with Crippen molar-refractivity contribution in [3.8, 4) is 0 Å². The molecule has 0 aliphatic heterocycles. The first-order chi connectivity index (χ1) is 8.79. The van der Waals surface area contributed by atoms with E-state index >= 15 is 0 Å². The van der Waals surface area contributed by atoms with E-state index in [1.54, 1.807) is 11.3 Å². The number of thiazole rings is 1. The Morgan fingerprint density at radius 1 is 1.39 bits per heavy atom. The van der Waals surface area contributed by atoms with Crippen molar-refractivity contribution in [1.82, 2.24) is 4.98 Å². The van der Waals surface area contributed by atoms with Crippen molar-refractivity contribution in [3.05, 3.63) is 41.9 Å². The maximum absolute atomic E-state index is 10.8. The van der Waals surface area contributed by atoms with E-state index < -0.39 is 0 Å². The van der Waals surface area contributed by atoms with Gasteiger partial charge < -0.3 is 4.74 Å². The summed E-state index contributed by atoms with van der Waals surface area (Å²) in [6.45, 7) is 3.80. The molecule has 0 amide bonds. The summed E-state index contributed by atoms with van der Waals surface area (Å²) >= 11 is 1.73. The number of rotatable bonds is 6. The van der Waals surface area contributed by atoms with Gasteiger partial charge in [-0.05, 0) is 31.4 Å². The highest BCUT2D eigenvalue weighted by atomic mass is 32.1. The largest absolute Gasteiger partial charge is 0.463 e. The van der Waals surface area contributed by atoms with Crippen LogP contribution in [-0.4, -0.2) is 17.6 Å². The average molecular weight is 261 g/mol. The van der Waals surface area contributed by atoms with Gasteiger partial charge in [-0.15, -0.1) is 11.3 Å². The first kappa shape index (κ1) is 12.8. The molecule has 0 saturated heterocycles. The number of aryl methyl sites for hydroxylation is 1. The molecule has 0 bridgehead atoms. The molecule has 18 heavy (non-hydrogen) atoms. The van der Waals surface area contributed by atoms with E-state index in [4.69, 9.17) is 4.74 Å². The summed E-state index contributed by atoms with van der Waals surface area (Å²) in [5.74, 6) is -0.352. The number of hydrogen-bond donors (Lipinski definition) is 0. The minimum atomic E-state index is -0.352. The average Bonchev–Trinajstić information content (AvgIpc) is 2.80. The Morgan fingerprint density at radius 2 is 2.22 bits per heavy atom. The summed E-state index contributed by atoms with van der Waals surface area (Å²) in [5, 5.41) is 1.14. The standard InChI is InChI=1S/C14H15NO2S/c1-2-14(16)17-10-6-5-9-13-15-11-7-3-4-8-12(11)18-13/h2-4,7-8H,1,5-6,9-10H2. The van der Waals surface area contributed by atoms with E-state index in [1.807, 2.05) is 18.2 Å². The highest BCUT2D eigenvalue weighted by molar-refractivity contribution is 7.18. The summed E-state index contributed by atoms with van der Waals surface area (Å²) in [6, 6.07) is 8.14. The molecule has 0 aliphatic rings. The summed E-state index contributed by atoms with van der Waals surface area (Å²) in [5.41, 5.74) is 1.07. The Labute approximate surface area is 110 Å². The molecule has 1 aromatic heterocycles. The molecule has 1 heterocycles. The second kappa shape index (κ2) is 6.31. The van der Waals surface area contributed by atoms with Crippen molar-refractivity contribution >= 4 is 27.5 Å². The SMILES string of the molecule is C=CC(=O)OCCCCc1nc2ccccc2s1. The molecule has 0 radical (unpaired) electrons. The highest BCUT2D eigenvalue weighted by Gasteiger charge is 2.03. The monoisotopic (exact) mass is 261 g/mol. The number of carbonyl (C=O) groups is 1. The van der Waals surface area contributed by atoms with Crippen LogP contribution < -0.4 is 0 Å². The van der Waals surface area contributed by atoms with Crippen LogP contribution in [0.2, 0.25) is 0 Å². The van der Waals surface area contributed by atoms with Crippen molar-refractivity contribution in [2.24, 2.45) is 0 Å². The van der Waals surface area contributed by atoms with E-state index in [0.29, 0.717) is 6.61 Å². The number of fused-ring (bicyclic) bond motifs is 1. The first-order valence-corrected chi connectivity index (χ1v) is 6.75. The number of para-hydroxylation sites is 1. The molecule has 0 saturated carbocycles. The maximum Gasteiger partial charge on any atom is 0.330 e. The number of benzene rings is 1. The zero-order chi connectivity index (χ0) is 12.8. The minimum absolute atomic E-state index is 0.352. The summed E-state index contributed by atoms with van der Waals surface area (Å²) in [4.78, 5) is 15.4. The Bertz CT molecular complexity index is 514. The van der Waals surface area contributed by atoms with Crippen molar-refractivity contribution in [3.63, 3.8) is 0 Å². The lowest BCUT2D eigenvalue weighted by Crippen LogP contribution is -2.02. The van der Waals surface area contributed by atoms with Gasteiger partial charge in [-0.1, -0.05) is 18.7 Å². The van der Waals surface area contributed by atoms with E-state index in [0.717, 1.165) is 29.8 Å². The van der Waals surface area contributed by atoms with Gasteiger partial charge in [0.25, 0.3) is 0 Å². The normalized spacial score (nSPS) is 10.4. The fourth-order valence-electron chi connectivity index (χ4n) is 1.64. The summed E-state index contributed by atoms with van der Waals surface area (Å²) < 4.78 is 6.14. The third-order valence-corrected chi connectivity index (χ3v) is 3.63. The van der Waals surface area contributed by atoms with Crippen molar-refractivity contribution in [1.29, 1.82) is 0 Å². The number of unbranched alkanes of at least 4 members (excludes halogenated alkanes) is 1. The number of ether oxygens (including phenoxy) is 1. The van der Waals surface area contributed by atoms with Crippen LogP contribution in [0.1, 0.15) is 17.8 Å². The fourth-order valence-corrected chi connectivity index (χ4v) is 2.65. The van der Waals surface area contributed by atoms with Crippen LogP contribution in [-0.2, 0) is 16.0 Å². The third-order valence-electron chi connectivity index (χ3n) is 2.53. The lowest BCUT2D eigenvalue weighted by Gasteiger charge is -2.00. The lowest BCUT2D eigenvalue weighted by molar-refractivity contribution is -0.137. The topological polar surface area (TPSA) is 39.2 Å². The number of carbonyl (C=O) groups excluding carboxylic acids is 1. The zero-order valence-corrected chi connectivity index (χ0v) is 10.9. The first-order valence-electron chi connectivity index (χ1n) is 5.93. The van der Waals surface area contributed by atoms with Crippen LogP contribution in [0.5, 0.6) is 0 Å². The Kier molecular flexibility index (Phi) is 4.47. The van der Waals surface area contributed by atoms with E-state index in [9.17, 15) is 4.79 Å². The van der Waals surface area contributed by atoms with Gasteiger partial charge >= 0.3 is 5.97 Å². The predicted octanol–water partition coefficient (Wildman–Crippen LogP) is 3.35. The Morgan fingerprint density at radius 3 is 3.00 bits per heavy atom. The van der Waals surface area contributed by atoms with E-state index in [1.165, 1.54) is 10.8 Å². The second-order valence-corrected chi connectivity index (χ2v) is 5.02. The molecule has 94 valence electrons. The van der Waals surface area contributed by atoms with Crippen molar-refractivity contribution in [2.75, 3.05) is 6.61 Å². The summed E-state index contributed by atoms with van der Waals surface area (Å²) in [7, 11) is 0. The van der Waals surface area contributed by atoms with Gasteiger partial charge in [0.15, 0.2) is 0 Å². The number of hydrogen-bond acceptors (Lipinski definition) is 4. The van der Waals surface area contributed by atoms with Crippen LogP contribution in [0.15, 0.2) is 36.9 Å². The van der Waals surface area contributed by atoms with Crippen LogP contribution in [0, 0.1) is 0 Å². The predicted molar refractivity (Wildman–Crippen MR) is 73.7 cm³/mol. The van der Waals surface area contributed by atoms with E-state index in [2.05, 4.69) is 17.6 Å². The summed E-state index contributed by atoms with van der Waals surface area (Å²) in [6.07, 6.45) is 3.96. The molecule has 1 aromatic carbocycles. The fraction of sp³-hybridized carbons (Fsp3) is 0.286. The minimum Gasteiger partial charge on any atom is -0.463 e. The molecule has 0 fully saturated rings. The maximum atomic E-state index is 10.8. The molecular weight excluding hydrogens is 246 g/mol. The molecule has 2 aromatic rings. The molecule has 0 unspecified atom stereocenters. The smallest absolute Gasteiger partial charge is 0.330 e. The lowest BCUT2D eigenvalue weighted by atomic mass is 10.2. The quantitative estimate of drug-likeness (QED) is 0.455. The Balaban J connectivity index is 1.76. The molecule has 0 spiro atoms. The molecule has 3 nitrogen and oxygen atoms in total. The van der Waals surface area contributed by atoms with Crippen molar-refractivity contribution in [2.45, 2.75) is 19.3 Å². The molecule has 0 aliphatic carbocycles. The number of nitrogens with zero attached hydrogens (tertiary/aromatic N) is 1. The molecule has 4 heteroatoms. The molecule has 0 N–H and O–H groups in total. The van der Waals surface area contributed by atoms with Gasteiger partial charge in [-0.3, -0.25) is 0 Å². The van der Waals surface area contributed by atoms with Crippen LogP contribution >= 0.6 is 11.3 Å². The number of aromatic nitrogens is 1. The molecule has 0 atom stereocenters. The molecule has 2 rings (SSSR count). The van der Waals surface area contributed by atoms with E-state index in [-0.39, 0.29) is 5.97 Å². The van der Waals surface area contributed by atoms with Gasteiger partial charge in [0, 0.05) is 6.08 Å². The van der Waals surface area contributed by atoms with Crippen LogP contribution in [0.3, 0.4) is 0 Å². The number of esters is 1. The third kappa shape index (κ3) is 3.40. The highest BCUT2D eigenvalue weighted by Crippen LogP contribution is 2.22. The second-order valence-electron chi connectivity index (χ2n) is 3.90. The Hall–Kier alpha value is -1.68. The molecular formula is C14H15NO2S. The van der Waals surface area contributed by atoms with Crippen molar-refractivity contribution < 1.29 is 9.53 Å². The van der Waals surface area contributed by atoms with Gasteiger partial charge in [0.2, 0.25) is 0 Å². The van der Waals surface area contributed by atoms with Gasteiger partial charge in [-0.2, -0.15) is 0 Å². The van der Waals surface area contributed by atoms with Gasteiger partial charge in [0.1, 0.15) is 0 Å². The van der Waals surface area contributed by atoms with Gasteiger partial charge in [0.05, 0.1) is 21.8 Å². The van der Waals surface area contributed by atoms with Gasteiger partial charge in [-0.25, -0.2) is 9.78 Å². The van der Waals surface area contributed by atoms with Crippen LogP contribution in [0.25, 0.3) is 10.2 Å². The zero-order valence-electron chi connectivity index (χ0n) is 10.1. The van der Waals surface area contributed by atoms with Crippen LogP contribution in [0.4, 0.5) is 0 Å².